The van der Waals surface area contributed by atoms with Crippen molar-refractivity contribution < 1.29 is 18.7 Å². The predicted molar refractivity (Wildman–Crippen MR) is 151 cm³/mol. The fraction of sp³-hybridized carbons (Fsp3) is 0.355. The fourth-order valence-corrected chi connectivity index (χ4v) is 4.50. The first-order chi connectivity index (χ1) is 18.7. The summed E-state index contributed by atoms with van der Waals surface area (Å²) in [5, 5.41) is 2.91. The Labute approximate surface area is 224 Å². The first-order valence-corrected chi connectivity index (χ1v) is 13.4. The molecule has 0 radical (unpaired) electrons. The highest BCUT2D eigenvalue weighted by molar-refractivity contribution is 5.91. The van der Waals surface area contributed by atoms with E-state index in [1.807, 2.05) is 43.3 Å². The van der Waals surface area contributed by atoms with E-state index in [4.69, 9.17) is 18.9 Å². The van der Waals surface area contributed by atoms with Gasteiger partial charge in [-0.1, -0.05) is 36.8 Å². The Morgan fingerprint density at radius 2 is 1.92 bits per heavy atom. The van der Waals surface area contributed by atoms with Gasteiger partial charge in [-0.3, -0.25) is 4.79 Å². The number of amides is 1. The van der Waals surface area contributed by atoms with E-state index in [9.17, 15) is 4.79 Å². The highest BCUT2D eigenvalue weighted by Crippen LogP contribution is 2.29. The number of hydrogen-bond acceptors (Lipinski definition) is 5. The van der Waals surface area contributed by atoms with Crippen LogP contribution in [0.15, 0.2) is 71.4 Å². The Bertz CT molecular complexity index is 1320. The number of benzene rings is 2. The minimum atomic E-state index is -0.162. The molecule has 2 aromatic carbocycles. The number of rotatable bonds is 15. The van der Waals surface area contributed by atoms with Crippen molar-refractivity contribution in [3.05, 3.63) is 84.1 Å². The molecule has 0 atom stereocenters. The Hall–Kier alpha value is -4.00. The van der Waals surface area contributed by atoms with Gasteiger partial charge in [0.25, 0.3) is 5.91 Å². The lowest BCUT2D eigenvalue weighted by molar-refractivity contribution is 0.0925. The lowest BCUT2D eigenvalue weighted by atomic mass is 10.2. The number of nitrogens with one attached hydrogen (secondary N) is 1. The standard InChI is InChI=1S/C31H37N3O4/c1-3-12-24-17-18-27(29(23-24)36-2)37-21-10-9-20-34-26-14-7-6-13-25(26)33-30(34)16-5-4-8-19-32-31(35)28-15-11-22-38-28/h3,6-7,11-15,17-18,22-23H,4-5,8-10,16,19-21H2,1-2H3,(H,32,35)/b12-3+. The molecule has 7 nitrogen and oxygen atoms in total. The van der Waals surface area contributed by atoms with Crippen LogP contribution in [0.25, 0.3) is 17.1 Å². The summed E-state index contributed by atoms with van der Waals surface area (Å²) in [5.41, 5.74) is 3.31. The summed E-state index contributed by atoms with van der Waals surface area (Å²) in [6.07, 6.45) is 11.3. The van der Waals surface area contributed by atoms with Gasteiger partial charge in [0.1, 0.15) is 5.82 Å². The number of carbonyl (C=O) groups is 1. The summed E-state index contributed by atoms with van der Waals surface area (Å²) in [5.74, 6) is 2.84. The fourth-order valence-electron chi connectivity index (χ4n) is 4.50. The molecule has 0 aliphatic rings. The van der Waals surface area contributed by atoms with E-state index in [1.54, 1.807) is 19.2 Å². The summed E-state index contributed by atoms with van der Waals surface area (Å²) in [4.78, 5) is 16.9. The molecule has 7 heteroatoms. The number of furan rings is 1. The predicted octanol–water partition coefficient (Wildman–Crippen LogP) is 6.67. The lowest BCUT2D eigenvalue weighted by Gasteiger charge is -2.12. The number of para-hydroxylation sites is 2. The molecule has 0 aliphatic carbocycles. The molecule has 4 aromatic rings. The van der Waals surface area contributed by atoms with Crippen molar-refractivity contribution in [3.8, 4) is 11.5 Å². The molecular formula is C31H37N3O4. The minimum absolute atomic E-state index is 0.162. The van der Waals surface area contributed by atoms with E-state index < -0.39 is 0 Å². The average Bonchev–Trinajstić information content (AvgIpc) is 3.60. The van der Waals surface area contributed by atoms with Gasteiger partial charge in [-0.2, -0.15) is 0 Å². The van der Waals surface area contributed by atoms with Gasteiger partial charge in [-0.25, -0.2) is 4.98 Å². The zero-order valence-corrected chi connectivity index (χ0v) is 22.3. The third kappa shape index (κ3) is 7.28. The van der Waals surface area contributed by atoms with Crippen molar-refractivity contribution in [3.63, 3.8) is 0 Å². The van der Waals surface area contributed by atoms with Crippen LogP contribution in [-0.2, 0) is 13.0 Å². The van der Waals surface area contributed by atoms with Crippen molar-refractivity contribution >= 4 is 23.0 Å². The number of methoxy groups -OCH3 is 1. The number of aromatic nitrogens is 2. The van der Waals surface area contributed by atoms with Gasteiger partial charge in [0.15, 0.2) is 17.3 Å². The maximum atomic E-state index is 12.0. The molecule has 4 rings (SSSR count). The summed E-state index contributed by atoms with van der Waals surface area (Å²) >= 11 is 0. The van der Waals surface area contributed by atoms with Gasteiger partial charge in [-0.05, 0) is 74.6 Å². The van der Waals surface area contributed by atoms with E-state index in [0.717, 1.165) is 73.5 Å². The van der Waals surface area contributed by atoms with Crippen molar-refractivity contribution in [2.75, 3.05) is 20.3 Å². The SMILES string of the molecule is C/C=C/c1ccc(OCCCCn2c(CCCCCNC(=O)c3ccco3)nc3ccccc32)c(OC)c1. The summed E-state index contributed by atoms with van der Waals surface area (Å²) in [6.45, 7) is 4.16. The van der Waals surface area contributed by atoms with Crippen LogP contribution < -0.4 is 14.8 Å². The van der Waals surface area contributed by atoms with E-state index in [0.29, 0.717) is 18.9 Å². The minimum Gasteiger partial charge on any atom is -0.493 e. The zero-order valence-electron chi connectivity index (χ0n) is 22.3. The Morgan fingerprint density at radius 3 is 2.74 bits per heavy atom. The highest BCUT2D eigenvalue weighted by atomic mass is 16.5. The number of aryl methyl sites for hydroxylation is 2. The van der Waals surface area contributed by atoms with Crippen LogP contribution in [-0.4, -0.2) is 35.7 Å². The molecule has 1 N–H and O–H groups in total. The molecule has 0 saturated heterocycles. The number of allylic oxidation sites excluding steroid dienone is 1. The first-order valence-electron chi connectivity index (χ1n) is 13.4. The molecule has 38 heavy (non-hydrogen) atoms. The monoisotopic (exact) mass is 515 g/mol. The molecular weight excluding hydrogens is 478 g/mol. The lowest BCUT2D eigenvalue weighted by Crippen LogP contribution is -2.23. The Morgan fingerprint density at radius 1 is 1.03 bits per heavy atom. The molecule has 200 valence electrons. The third-order valence-corrected chi connectivity index (χ3v) is 6.42. The summed E-state index contributed by atoms with van der Waals surface area (Å²) in [7, 11) is 1.67. The van der Waals surface area contributed by atoms with Crippen LogP contribution in [0.4, 0.5) is 0 Å². The number of hydrogen-bond donors (Lipinski definition) is 1. The van der Waals surface area contributed by atoms with Crippen molar-refractivity contribution in [1.82, 2.24) is 14.9 Å². The molecule has 1 amide bonds. The van der Waals surface area contributed by atoms with Gasteiger partial charge in [-0.15, -0.1) is 0 Å². The number of nitrogens with zero attached hydrogens (tertiary/aromatic N) is 2. The van der Waals surface area contributed by atoms with Crippen LogP contribution in [0, 0.1) is 0 Å². The van der Waals surface area contributed by atoms with Crippen LogP contribution >= 0.6 is 0 Å². The molecule has 0 bridgehead atoms. The third-order valence-electron chi connectivity index (χ3n) is 6.42. The number of unbranched alkanes of at least 4 members (excludes halogenated alkanes) is 3. The van der Waals surface area contributed by atoms with Crippen LogP contribution in [0.3, 0.4) is 0 Å². The maximum absolute atomic E-state index is 12.0. The van der Waals surface area contributed by atoms with Crippen LogP contribution in [0.1, 0.15) is 61.0 Å². The van der Waals surface area contributed by atoms with E-state index in [2.05, 4.69) is 28.1 Å². The highest BCUT2D eigenvalue weighted by Gasteiger charge is 2.11. The molecule has 0 saturated carbocycles. The molecule has 2 aromatic heterocycles. The number of imidazole rings is 1. The molecule has 0 aliphatic heterocycles. The van der Waals surface area contributed by atoms with Crippen molar-refractivity contribution in [1.29, 1.82) is 0 Å². The average molecular weight is 516 g/mol. The number of ether oxygens (including phenoxy) is 2. The quantitative estimate of drug-likeness (QED) is 0.179. The van der Waals surface area contributed by atoms with Gasteiger partial charge < -0.3 is 23.8 Å². The molecule has 0 fully saturated rings. The van der Waals surface area contributed by atoms with E-state index >= 15 is 0 Å². The van der Waals surface area contributed by atoms with E-state index in [-0.39, 0.29) is 5.91 Å². The van der Waals surface area contributed by atoms with E-state index in [1.165, 1.54) is 11.8 Å². The van der Waals surface area contributed by atoms with Crippen LogP contribution in [0.2, 0.25) is 0 Å². The smallest absolute Gasteiger partial charge is 0.286 e. The second kappa shape index (κ2) is 14.1. The van der Waals surface area contributed by atoms with Gasteiger partial charge in [0.05, 0.1) is 31.0 Å². The zero-order chi connectivity index (χ0) is 26.6. The molecule has 0 spiro atoms. The summed E-state index contributed by atoms with van der Waals surface area (Å²) in [6, 6.07) is 17.7. The Kier molecular flexibility index (Phi) is 10.0. The maximum Gasteiger partial charge on any atom is 0.286 e. The topological polar surface area (TPSA) is 78.5 Å². The van der Waals surface area contributed by atoms with Gasteiger partial charge >= 0.3 is 0 Å². The first kappa shape index (κ1) is 27.0. The second-order valence-corrected chi connectivity index (χ2v) is 9.18. The largest absolute Gasteiger partial charge is 0.493 e. The van der Waals surface area contributed by atoms with Gasteiger partial charge in [0.2, 0.25) is 0 Å². The normalized spacial score (nSPS) is 11.3. The second-order valence-electron chi connectivity index (χ2n) is 9.18. The van der Waals surface area contributed by atoms with Crippen molar-refractivity contribution in [2.24, 2.45) is 0 Å². The summed E-state index contributed by atoms with van der Waals surface area (Å²) < 4.78 is 19.0. The van der Waals surface area contributed by atoms with Crippen molar-refractivity contribution in [2.45, 2.75) is 52.0 Å². The molecule has 0 unspecified atom stereocenters. The van der Waals surface area contributed by atoms with Gasteiger partial charge in [0, 0.05) is 19.5 Å². The van der Waals surface area contributed by atoms with Crippen LogP contribution in [0.5, 0.6) is 11.5 Å². The molecule has 2 heterocycles. The Balaban J connectivity index is 1.24. The number of fused-ring (bicyclic) bond motifs is 1. The number of carbonyl (C=O) groups excluding carboxylic acids is 1.